The second kappa shape index (κ2) is 4.88. The average Bonchev–Trinajstić information content (AvgIpc) is 2.76. The second-order valence-corrected chi connectivity index (χ2v) is 3.93. The first-order valence-corrected chi connectivity index (χ1v) is 5.33. The van der Waals surface area contributed by atoms with E-state index in [2.05, 4.69) is 10.3 Å². The number of carbonyl (C=O) groups excluding carboxylic acids is 1. The number of carbonyl (C=O) groups is 1. The Morgan fingerprint density at radius 3 is 3.00 bits per heavy atom. The third kappa shape index (κ3) is 2.98. The smallest absolute Gasteiger partial charge is 0.244 e. The molecule has 88 valence electrons. The van der Waals surface area contributed by atoms with Crippen LogP contribution in [0.15, 0.2) is 36.9 Å². The monoisotopic (exact) mass is 250 g/mol. The summed E-state index contributed by atoms with van der Waals surface area (Å²) < 4.78 is 1.68. The molecule has 0 aliphatic carbocycles. The topological polar surface area (TPSA) is 72.9 Å². The fraction of sp³-hybridized carbons (Fsp3) is 0.0909. The van der Waals surface area contributed by atoms with Gasteiger partial charge in [0.05, 0.1) is 17.0 Å². The van der Waals surface area contributed by atoms with Crippen LogP contribution in [0.1, 0.15) is 0 Å². The van der Waals surface area contributed by atoms with E-state index in [4.69, 9.17) is 17.3 Å². The maximum atomic E-state index is 11.6. The first-order valence-electron chi connectivity index (χ1n) is 4.96. The summed E-state index contributed by atoms with van der Waals surface area (Å²) in [5.41, 5.74) is 6.69. The summed E-state index contributed by atoms with van der Waals surface area (Å²) in [5, 5.41) is 3.19. The molecule has 0 aliphatic rings. The SMILES string of the molecule is Nc1cc(NC(=O)Cn2ccnc2)ccc1Cl. The molecule has 0 radical (unpaired) electrons. The van der Waals surface area contributed by atoms with E-state index in [1.165, 1.54) is 0 Å². The highest BCUT2D eigenvalue weighted by Gasteiger charge is 2.04. The molecule has 3 N–H and O–H groups in total. The maximum Gasteiger partial charge on any atom is 0.244 e. The number of nitrogens with one attached hydrogen (secondary N) is 1. The first kappa shape index (κ1) is 11.5. The van der Waals surface area contributed by atoms with Crippen LogP contribution in [0.3, 0.4) is 0 Å². The maximum absolute atomic E-state index is 11.6. The fourth-order valence-corrected chi connectivity index (χ4v) is 1.49. The number of halogens is 1. The van der Waals surface area contributed by atoms with Crippen molar-refractivity contribution in [2.45, 2.75) is 6.54 Å². The molecule has 17 heavy (non-hydrogen) atoms. The Balaban J connectivity index is 2.00. The number of rotatable bonds is 3. The van der Waals surface area contributed by atoms with Gasteiger partial charge in [-0.25, -0.2) is 4.98 Å². The molecule has 1 amide bonds. The Morgan fingerprint density at radius 2 is 2.35 bits per heavy atom. The lowest BCUT2D eigenvalue weighted by Gasteiger charge is -2.07. The number of hydrogen-bond donors (Lipinski definition) is 2. The van der Waals surface area contributed by atoms with Crippen LogP contribution in [0, 0.1) is 0 Å². The molecular formula is C11H11ClN4O. The lowest BCUT2D eigenvalue weighted by atomic mass is 10.3. The molecular weight excluding hydrogens is 240 g/mol. The van der Waals surface area contributed by atoms with Gasteiger partial charge in [-0.2, -0.15) is 0 Å². The van der Waals surface area contributed by atoms with E-state index in [1.807, 2.05) is 0 Å². The van der Waals surface area contributed by atoms with E-state index in [0.717, 1.165) is 0 Å². The van der Waals surface area contributed by atoms with E-state index >= 15 is 0 Å². The van der Waals surface area contributed by atoms with Crippen LogP contribution in [0.4, 0.5) is 11.4 Å². The van der Waals surface area contributed by atoms with Crippen LogP contribution in [0.5, 0.6) is 0 Å². The molecule has 1 aromatic heterocycles. The number of amides is 1. The van der Waals surface area contributed by atoms with Crippen molar-refractivity contribution in [1.29, 1.82) is 0 Å². The molecule has 1 aromatic carbocycles. The first-order chi connectivity index (χ1) is 8.15. The van der Waals surface area contributed by atoms with Gasteiger partial charge in [-0.3, -0.25) is 4.79 Å². The predicted molar refractivity (Wildman–Crippen MR) is 66.7 cm³/mol. The van der Waals surface area contributed by atoms with Crippen LogP contribution in [-0.2, 0) is 11.3 Å². The third-order valence-electron chi connectivity index (χ3n) is 2.17. The van der Waals surface area contributed by atoms with E-state index in [0.29, 0.717) is 16.4 Å². The minimum absolute atomic E-state index is 0.148. The predicted octanol–water partition coefficient (Wildman–Crippen LogP) is 1.76. The highest BCUT2D eigenvalue weighted by atomic mass is 35.5. The van der Waals surface area contributed by atoms with Crippen LogP contribution in [0.2, 0.25) is 5.02 Å². The van der Waals surface area contributed by atoms with Crippen molar-refractivity contribution >= 4 is 28.9 Å². The van der Waals surface area contributed by atoms with Gasteiger partial charge in [0, 0.05) is 18.1 Å². The summed E-state index contributed by atoms with van der Waals surface area (Å²) >= 11 is 5.78. The van der Waals surface area contributed by atoms with Crippen molar-refractivity contribution in [3.63, 3.8) is 0 Å². The minimum atomic E-state index is -0.148. The molecule has 0 unspecified atom stereocenters. The second-order valence-electron chi connectivity index (χ2n) is 3.52. The highest BCUT2D eigenvalue weighted by Crippen LogP contribution is 2.22. The molecule has 5 nitrogen and oxygen atoms in total. The lowest BCUT2D eigenvalue weighted by molar-refractivity contribution is -0.116. The Kier molecular flexibility index (Phi) is 3.30. The summed E-state index contributed by atoms with van der Waals surface area (Å²) in [5.74, 6) is -0.148. The largest absolute Gasteiger partial charge is 0.397 e. The van der Waals surface area contributed by atoms with Gasteiger partial charge in [-0.15, -0.1) is 0 Å². The van der Waals surface area contributed by atoms with E-state index < -0.39 is 0 Å². The zero-order valence-electron chi connectivity index (χ0n) is 8.93. The number of hydrogen-bond acceptors (Lipinski definition) is 3. The van der Waals surface area contributed by atoms with Gasteiger partial charge in [0.25, 0.3) is 0 Å². The summed E-state index contributed by atoms with van der Waals surface area (Å²) in [7, 11) is 0. The number of nitrogens with two attached hydrogens (primary N) is 1. The van der Waals surface area contributed by atoms with Gasteiger partial charge in [0.2, 0.25) is 5.91 Å². The van der Waals surface area contributed by atoms with Gasteiger partial charge in [-0.1, -0.05) is 11.6 Å². The summed E-state index contributed by atoms with van der Waals surface area (Å²) in [6.45, 7) is 0.211. The molecule has 0 fully saturated rings. The zero-order valence-corrected chi connectivity index (χ0v) is 9.69. The Bertz CT molecular complexity index is 524. The molecule has 0 saturated carbocycles. The molecule has 0 aliphatic heterocycles. The van der Waals surface area contributed by atoms with Crippen LogP contribution >= 0.6 is 11.6 Å². The molecule has 6 heteroatoms. The number of anilines is 2. The van der Waals surface area contributed by atoms with Crippen molar-refractivity contribution in [1.82, 2.24) is 9.55 Å². The average molecular weight is 251 g/mol. The lowest BCUT2D eigenvalue weighted by Crippen LogP contribution is -2.17. The van der Waals surface area contributed by atoms with Crippen molar-refractivity contribution in [3.8, 4) is 0 Å². The standard InChI is InChI=1S/C11H11ClN4O/c12-9-2-1-8(5-10(9)13)15-11(17)6-16-4-3-14-7-16/h1-5,7H,6,13H2,(H,15,17). The number of aromatic nitrogens is 2. The van der Waals surface area contributed by atoms with Crippen LogP contribution in [0.25, 0.3) is 0 Å². The Morgan fingerprint density at radius 1 is 1.53 bits per heavy atom. The van der Waals surface area contributed by atoms with Gasteiger partial charge >= 0.3 is 0 Å². The van der Waals surface area contributed by atoms with Crippen LogP contribution in [-0.4, -0.2) is 15.5 Å². The molecule has 0 saturated heterocycles. The summed E-state index contributed by atoms with van der Waals surface area (Å²) in [4.78, 5) is 15.5. The van der Waals surface area contributed by atoms with E-state index in [1.54, 1.807) is 41.5 Å². The van der Waals surface area contributed by atoms with Crippen LogP contribution < -0.4 is 11.1 Å². The molecule has 1 heterocycles. The van der Waals surface area contributed by atoms with Gasteiger partial charge in [0.15, 0.2) is 0 Å². The van der Waals surface area contributed by atoms with E-state index in [-0.39, 0.29) is 12.5 Å². The Hall–Kier alpha value is -2.01. The Labute approximate surface area is 103 Å². The number of nitrogens with zero attached hydrogens (tertiary/aromatic N) is 2. The molecule has 0 bridgehead atoms. The normalized spacial score (nSPS) is 10.2. The van der Waals surface area contributed by atoms with Gasteiger partial charge < -0.3 is 15.6 Å². The number of imidazole rings is 1. The molecule has 2 aromatic rings. The summed E-state index contributed by atoms with van der Waals surface area (Å²) in [6, 6.07) is 4.96. The summed E-state index contributed by atoms with van der Waals surface area (Å²) in [6.07, 6.45) is 4.92. The number of nitrogen functional groups attached to an aromatic ring is 1. The third-order valence-corrected chi connectivity index (χ3v) is 2.51. The zero-order chi connectivity index (χ0) is 12.3. The van der Waals surface area contributed by atoms with E-state index in [9.17, 15) is 4.79 Å². The minimum Gasteiger partial charge on any atom is -0.397 e. The van der Waals surface area contributed by atoms with Gasteiger partial charge in [-0.05, 0) is 18.2 Å². The molecule has 0 spiro atoms. The van der Waals surface area contributed by atoms with Crippen molar-refractivity contribution in [3.05, 3.63) is 41.9 Å². The molecule has 0 atom stereocenters. The van der Waals surface area contributed by atoms with Crippen molar-refractivity contribution in [2.75, 3.05) is 11.1 Å². The number of benzene rings is 1. The van der Waals surface area contributed by atoms with Crippen molar-refractivity contribution < 1.29 is 4.79 Å². The van der Waals surface area contributed by atoms with Gasteiger partial charge in [0.1, 0.15) is 6.54 Å². The molecule has 2 rings (SSSR count). The quantitative estimate of drug-likeness (QED) is 0.816. The fourth-order valence-electron chi connectivity index (χ4n) is 1.37. The van der Waals surface area contributed by atoms with Crippen molar-refractivity contribution in [2.24, 2.45) is 0 Å². The highest BCUT2D eigenvalue weighted by molar-refractivity contribution is 6.33.